The van der Waals surface area contributed by atoms with Gasteiger partial charge in [-0.1, -0.05) is 11.6 Å². The van der Waals surface area contributed by atoms with E-state index < -0.39 is 5.82 Å². The average Bonchev–Trinajstić information content (AvgIpc) is 2.40. The molecule has 3 nitrogen and oxygen atoms in total. The molecule has 0 spiro atoms. The van der Waals surface area contributed by atoms with Gasteiger partial charge >= 0.3 is 0 Å². The van der Waals surface area contributed by atoms with E-state index in [0.29, 0.717) is 10.7 Å². The highest BCUT2D eigenvalue weighted by atomic mass is 127. The highest BCUT2D eigenvalue weighted by molar-refractivity contribution is 14.1. The molecule has 0 fully saturated rings. The second-order valence-corrected chi connectivity index (χ2v) is 5.79. The third-order valence-electron chi connectivity index (χ3n) is 2.82. The van der Waals surface area contributed by atoms with Crippen molar-refractivity contribution in [2.75, 3.05) is 17.7 Å². The molecule has 1 amide bonds. The van der Waals surface area contributed by atoms with Crippen molar-refractivity contribution in [3.63, 3.8) is 0 Å². The summed E-state index contributed by atoms with van der Waals surface area (Å²) in [5.41, 5.74) is 6.80. The van der Waals surface area contributed by atoms with Crippen LogP contribution < -0.4 is 10.6 Å². The molecular weight excluding hydrogens is 394 g/mol. The molecule has 0 aliphatic heterocycles. The number of rotatable bonds is 2. The number of hydrogen-bond acceptors (Lipinski definition) is 2. The van der Waals surface area contributed by atoms with Crippen molar-refractivity contribution in [3.8, 4) is 0 Å². The monoisotopic (exact) mass is 404 g/mol. The van der Waals surface area contributed by atoms with Crippen LogP contribution in [0.15, 0.2) is 36.4 Å². The summed E-state index contributed by atoms with van der Waals surface area (Å²) in [5.74, 6) is -0.871. The van der Waals surface area contributed by atoms with Gasteiger partial charge in [-0.3, -0.25) is 4.79 Å². The molecule has 2 aromatic rings. The predicted octanol–water partition coefficient (Wildman–Crippen LogP) is 3.94. The number of nitrogens with zero attached hydrogens (tertiary/aromatic N) is 1. The molecule has 0 atom stereocenters. The van der Waals surface area contributed by atoms with Gasteiger partial charge < -0.3 is 10.6 Å². The van der Waals surface area contributed by atoms with Gasteiger partial charge in [0, 0.05) is 21.3 Å². The Kier molecular flexibility index (Phi) is 4.49. The predicted molar refractivity (Wildman–Crippen MR) is 87.7 cm³/mol. The van der Waals surface area contributed by atoms with E-state index in [1.165, 1.54) is 17.0 Å². The first-order valence-corrected chi connectivity index (χ1v) is 7.14. The number of anilines is 2. The molecule has 0 aromatic heterocycles. The van der Waals surface area contributed by atoms with E-state index in [0.717, 1.165) is 9.64 Å². The van der Waals surface area contributed by atoms with E-state index in [4.69, 9.17) is 17.3 Å². The van der Waals surface area contributed by atoms with Crippen LogP contribution in [0.25, 0.3) is 0 Å². The molecule has 0 saturated carbocycles. The Labute approximate surface area is 134 Å². The first-order chi connectivity index (χ1) is 9.40. The van der Waals surface area contributed by atoms with E-state index >= 15 is 0 Å². The number of benzene rings is 2. The largest absolute Gasteiger partial charge is 0.398 e. The summed E-state index contributed by atoms with van der Waals surface area (Å²) in [5, 5.41) is 0.587. The molecular formula is C14H11ClFIN2O. The maximum atomic E-state index is 13.3. The van der Waals surface area contributed by atoms with Gasteiger partial charge in [-0.15, -0.1) is 0 Å². The smallest absolute Gasteiger partial charge is 0.260 e. The van der Waals surface area contributed by atoms with Gasteiger partial charge in [0.15, 0.2) is 0 Å². The van der Waals surface area contributed by atoms with Crippen LogP contribution in [0.1, 0.15) is 10.4 Å². The minimum Gasteiger partial charge on any atom is -0.398 e. The van der Waals surface area contributed by atoms with Gasteiger partial charge in [0.1, 0.15) is 5.82 Å². The Morgan fingerprint density at radius 2 is 2.00 bits per heavy atom. The zero-order chi connectivity index (χ0) is 14.9. The summed E-state index contributed by atoms with van der Waals surface area (Å²) < 4.78 is 14.1. The molecule has 0 radical (unpaired) electrons. The number of carbonyl (C=O) groups excluding carboxylic acids is 1. The lowest BCUT2D eigenvalue weighted by atomic mass is 10.1. The maximum Gasteiger partial charge on any atom is 0.260 e. The fourth-order valence-corrected chi connectivity index (χ4v) is 2.99. The topological polar surface area (TPSA) is 46.3 Å². The molecule has 0 aliphatic rings. The van der Waals surface area contributed by atoms with Gasteiger partial charge in [-0.2, -0.15) is 0 Å². The van der Waals surface area contributed by atoms with Gasteiger partial charge in [0.25, 0.3) is 5.91 Å². The van der Waals surface area contributed by atoms with E-state index in [1.807, 2.05) is 0 Å². The first kappa shape index (κ1) is 15.1. The third-order valence-corrected chi connectivity index (χ3v) is 3.92. The van der Waals surface area contributed by atoms with Crippen LogP contribution in [0.4, 0.5) is 15.8 Å². The number of hydrogen-bond donors (Lipinski definition) is 1. The lowest BCUT2D eigenvalue weighted by molar-refractivity contribution is 0.0993. The normalized spacial score (nSPS) is 10.4. The second kappa shape index (κ2) is 5.97. The van der Waals surface area contributed by atoms with Crippen LogP contribution in [0.3, 0.4) is 0 Å². The molecule has 2 N–H and O–H groups in total. The number of halogens is 3. The van der Waals surface area contributed by atoms with Crippen LogP contribution >= 0.6 is 34.2 Å². The number of nitrogens with two attached hydrogens (primary N) is 1. The quantitative estimate of drug-likeness (QED) is 0.609. The molecule has 0 heterocycles. The van der Waals surface area contributed by atoms with Crippen LogP contribution in [-0.4, -0.2) is 13.0 Å². The van der Waals surface area contributed by atoms with Crippen molar-refractivity contribution in [2.24, 2.45) is 0 Å². The highest BCUT2D eigenvalue weighted by Crippen LogP contribution is 2.27. The van der Waals surface area contributed by atoms with Gasteiger partial charge in [-0.05, 0) is 59.0 Å². The molecule has 0 bridgehead atoms. The lowest BCUT2D eigenvalue weighted by Crippen LogP contribution is -2.27. The standard InChI is InChI=1S/C14H11ClFIN2O/c1-19(13-5-2-8(15)6-11(13)17)14(20)10-7-9(16)3-4-12(10)18/h2-7H,18H2,1H3. The van der Waals surface area contributed by atoms with Crippen LogP contribution in [0.2, 0.25) is 5.02 Å². The number of amides is 1. The third kappa shape index (κ3) is 3.04. The SMILES string of the molecule is CN(C(=O)c1cc(F)ccc1N)c1ccc(Cl)cc1I. The molecule has 6 heteroatoms. The van der Waals surface area contributed by atoms with Crippen molar-refractivity contribution in [1.82, 2.24) is 0 Å². The molecule has 104 valence electrons. The number of nitrogen functional groups attached to an aromatic ring is 1. The van der Waals surface area contributed by atoms with E-state index in [9.17, 15) is 9.18 Å². The summed E-state index contributed by atoms with van der Waals surface area (Å²) in [6, 6.07) is 8.91. The van der Waals surface area contributed by atoms with E-state index in [1.54, 1.807) is 25.2 Å². The van der Waals surface area contributed by atoms with Crippen molar-refractivity contribution in [3.05, 3.63) is 56.4 Å². The Morgan fingerprint density at radius 1 is 1.30 bits per heavy atom. The Hall–Kier alpha value is -1.34. The molecule has 20 heavy (non-hydrogen) atoms. The lowest BCUT2D eigenvalue weighted by Gasteiger charge is -2.20. The van der Waals surface area contributed by atoms with Crippen LogP contribution in [-0.2, 0) is 0 Å². The van der Waals surface area contributed by atoms with Crippen molar-refractivity contribution >= 4 is 51.5 Å². The molecule has 0 unspecified atom stereocenters. The molecule has 2 rings (SSSR count). The summed E-state index contributed by atoms with van der Waals surface area (Å²) >= 11 is 7.97. The van der Waals surface area contributed by atoms with Crippen molar-refractivity contribution in [2.45, 2.75) is 0 Å². The van der Waals surface area contributed by atoms with Crippen molar-refractivity contribution < 1.29 is 9.18 Å². The number of carbonyl (C=O) groups is 1. The highest BCUT2D eigenvalue weighted by Gasteiger charge is 2.18. The molecule has 0 aliphatic carbocycles. The summed E-state index contributed by atoms with van der Waals surface area (Å²) in [7, 11) is 1.61. The first-order valence-electron chi connectivity index (χ1n) is 5.68. The summed E-state index contributed by atoms with van der Waals surface area (Å²) in [4.78, 5) is 13.8. The summed E-state index contributed by atoms with van der Waals surface area (Å²) in [6.07, 6.45) is 0. The fourth-order valence-electron chi connectivity index (χ4n) is 1.76. The summed E-state index contributed by atoms with van der Waals surface area (Å²) in [6.45, 7) is 0. The average molecular weight is 405 g/mol. The van der Waals surface area contributed by atoms with Gasteiger partial charge in [0.05, 0.1) is 11.3 Å². The maximum absolute atomic E-state index is 13.3. The van der Waals surface area contributed by atoms with Gasteiger partial charge in [0.2, 0.25) is 0 Å². The van der Waals surface area contributed by atoms with Crippen LogP contribution in [0, 0.1) is 9.39 Å². The Bertz CT molecular complexity index is 678. The molecule has 2 aromatic carbocycles. The zero-order valence-corrected chi connectivity index (χ0v) is 13.4. The van der Waals surface area contributed by atoms with Crippen molar-refractivity contribution in [1.29, 1.82) is 0 Å². The van der Waals surface area contributed by atoms with Crippen LogP contribution in [0.5, 0.6) is 0 Å². The second-order valence-electron chi connectivity index (χ2n) is 4.19. The Morgan fingerprint density at radius 3 is 2.65 bits per heavy atom. The fraction of sp³-hybridized carbons (Fsp3) is 0.0714. The molecule has 0 saturated heterocycles. The van der Waals surface area contributed by atoms with E-state index in [2.05, 4.69) is 22.6 Å². The minimum absolute atomic E-state index is 0.137. The minimum atomic E-state index is -0.498. The zero-order valence-electron chi connectivity index (χ0n) is 10.5. The van der Waals surface area contributed by atoms with E-state index in [-0.39, 0.29) is 17.2 Å². The van der Waals surface area contributed by atoms with Gasteiger partial charge in [-0.25, -0.2) is 4.39 Å². The Balaban J connectivity index is 2.40.